The average Bonchev–Trinajstić information content (AvgIpc) is 2.92. The van der Waals surface area contributed by atoms with Gasteiger partial charge >= 0.3 is 5.69 Å². The van der Waals surface area contributed by atoms with Crippen LogP contribution in [0.2, 0.25) is 0 Å². The van der Waals surface area contributed by atoms with Gasteiger partial charge in [-0.1, -0.05) is 12.5 Å². The molecule has 3 rings (SSSR count). The van der Waals surface area contributed by atoms with Crippen molar-refractivity contribution in [1.29, 1.82) is 0 Å². The van der Waals surface area contributed by atoms with E-state index in [0.717, 1.165) is 31.7 Å². The number of nitrogens with zero attached hydrogens (tertiary/aromatic N) is 3. The predicted molar refractivity (Wildman–Crippen MR) is 77.5 cm³/mol. The van der Waals surface area contributed by atoms with Crippen molar-refractivity contribution in [3.8, 4) is 0 Å². The number of likely N-dealkylation sites (tertiary alicyclic amines) is 1. The molecule has 1 aliphatic heterocycles. The molecule has 0 aliphatic carbocycles. The van der Waals surface area contributed by atoms with E-state index in [1.807, 2.05) is 24.5 Å². The van der Waals surface area contributed by atoms with Crippen LogP contribution < -0.4 is 5.69 Å². The fourth-order valence-corrected chi connectivity index (χ4v) is 2.93. The molecule has 2 aromatic rings. The number of rotatable bonds is 4. The number of piperidine rings is 1. The number of H-pyrrole nitrogens is 1. The summed E-state index contributed by atoms with van der Waals surface area (Å²) in [6.45, 7) is 2.70. The third-order valence-corrected chi connectivity index (χ3v) is 3.99. The lowest BCUT2D eigenvalue weighted by Gasteiger charge is -2.35. The maximum absolute atomic E-state index is 11.5. The van der Waals surface area contributed by atoms with Crippen molar-refractivity contribution < 1.29 is 0 Å². The first-order valence-corrected chi connectivity index (χ1v) is 7.23. The number of nitrogens with one attached hydrogen (secondary N) is 1. The molecule has 0 unspecified atom stereocenters. The van der Waals surface area contributed by atoms with Gasteiger partial charge in [-0.2, -0.15) is 0 Å². The number of imidazole rings is 1. The van der Waals surface area contributed by atoms with E-state index in [4.69, 9.17) is 0 Å². The van der Waals surface area contributed by atoms with Gasteiger partial charge in [0, 0.05) is 31.7 Å². The van der Waals surface area contributed by atoms with Gasteiger partial charge in [0.05, 0.1) is 11.7 Å². The van der Waals surface area contributed by atoms with Gasteiger partial charge in [0.2, 0.25) is 0 Å². The van der Waals surface area contributed by atoms with Crippen molar-refractivity contribution in [2.24, 2.45) is 0 Å². The highest BCUT2D eigenvalue weighted by atomic mass is 16.1. The molecule has 1 atom stereocenters. The molecule has 1 N–H and O–H groups in total. The highest BCUT2D eigenvalue weighted by molar-refractivity contribution is 5.09. The smallest absolute Gasteiger partial charge is 0.313 e. The van der Waals surface area contributed by atoms with Gasteiger partial charge in [-0.25, -0.2) is 4.79 Å². The summed E-state index contributed by atoms with van der Waals surface area (Å²) in [5, 5.41) is 0. The quantitative estimate of drug-likeness (QED) is 0.923. The van der Waals surface area contributed by atoms with Crippen molar-refractivity contribution in [2.45, 2.75) is 31.8 Å². The molecule has 1 aliphatic rings. The summed E-state index contributed by atoms with van der Waals surface area (Å²) in [5.74, 6) is 0. The third kappa shape index (κ3) is 2.82. The lowest BCUT2D eigenvalue weighted by atomic mass is 9.99. The summed E-state index contributed by atoms with van der Waals surface area (Å²) in [7, 11) is 0. The molecule has 0 amide bonds. The largest absolute Gasteiger partial charge is 0.325 e. The summed E-state index contributed by atoms with van der Waals surface area (Å²) in [6, 6.07) is 6.49. The van der Waals surface area contributed by atoms with Crippen molar-refractivity contribution in [3.05, 3.63) is 53.0 Å². The fraction of sp³-hybridized carbons (Fsp3) is 0.467. The molecule has 0 radical (unpaired) electrons. The summed E-state index contributed by atoms with van der Waals surface area (Å²) in [5.41, 5.74) is 1.12. The van der Waals surface area contributed by atoms with Crippen molar-refractivity contribution in [1.82, 2.24) is 19.4 Å². The van der Waals surface area contributed by atoms with Crippen LogP contribution in [-0.2, 0) is 6.54 Å². The van der Waals surface area contributed by atoms with Crippen molar-refractivity contribution in [2.75, 3.05) is 13.1 Å². The Balaban J connectivity index is 1.70. The topological polar surface area (TPSA) is 53.9 Å². The van der Waals surface area contributed by atoms with Gasteiger partial charge in [0.25, 0.3) is 0 Å². The lowest BCUT2D eigenvalue weighted by molar-refractivity contribution is 0.140. The average molecular weight is 272 g/mol. The first-order valence-electron chi connectivity index (χ1n) is 7.23. The van der Waals surface area contributed by atoms with E-state index in [1.54, 1.807) is 10.8 Å². The third-order valence-electron chi connectivity index (χ3n) is 3.99. The number of hydrogen-bond acceptors (Lipinski definition) is 3. The first-order chi connectivity index (χ1) is 9.84. The number of hydrogen-bond donors (Lipinski definition) is 1. The molecule has 0 bridgehead atoms. The minimum atomic E-state index is -0.0311. The molecule has 1 saturated heterocycles. The molecule has 5 nitrogen and oxygen atoms in total. The van der Waals surface area contributed by atoms with E-state index in [2.05, 4.69) is 20.9 Å². The van der Waals surface area contributed by atoms with Crippen LogP contribution in [0.1, 0.15) is 31.0 Å². The summed E-state index contributed by atoms with van der Waals surface area (Å²) < 4.78 is 1.73. The highest BCUT2D eigenvalue weighted by Crippen LogP contribution is 2.29. The summed E-state index contributed by atoms with van der Waals surface area (Å²) in [4.78, 5) is 21.1. The molecule has 2 aromatic heterocycles. The van der Waals surface area contributed by atoms with E-state index in [9.17, 15) is 4.79 Å². The minimum Gasteiger partial charge on any atom is -0.313 e. The fourth-order valence-electron chi connectivity index (χ4n) is 2.93. The Morgan fingerprint density at radius 2 is 2.25 bits per heavy atom. The van der Waals surface area contributed by atoms with Crippen molar-refractivity contribution >= 4 is 0 Å². The molecule has 5 heteroatoms. The van der Waals surface area contributed by atoms with Crippen LogP contribution in [-0.4, -0.2) is 32.5 Å². The Morgan fingerprint density at radius 1 is 1.30 bits per heavy atom. The Kier molecular flexibility index (Phi) is 3.97. The van der Waals surface area contributed by atoms with Crippen molar-refractivity contribution in [3.63, 3.8) is 0 Å². The second kappa shape index (κ2) is 6.05. The van der Waals surface area contributed by atoms with Crippen LogP contribution in [0, 0.1) is 0 Å². The van der Waals surface area contributed by atoms with E-state index < -0.39 is 0 Å². The van der Waals surface area contributed by atoms with Gasteiger partial charge < -0.3 is 4.98 Å². The van der Waals surface area contributed by atoms with Gasteiger partial charge in [0.1, 0.15) is 0 Å². The molecule has 3 heterocycles. The molecule has 0 spiro atoms. The Morgan fingerprint density at radius 3 is 3.00 bits per heavy atom. The molecule has 0 aromatic carbocycles. The predicted octanol–water partition coefficient (Wildman–Crippen LogP) is 1.80. The SMILES string of the molecule is O=c1[nH]ccn1CCN1CCCC[C@@H]1c1ccccn1. The van der Waals surface area contributed by atoms with E-state index in [-0.39, 0.29) is 5.69 Å². The number of pyridine rings is 1. The normalized spacial score (nSPS) is 20.1. The second-order valence-electron chi connectivity index (χ2n) is 5.26. The summed E-state index contributed by atoms with van der Waals surface area (Å²) >= 11 is 0. The van der Waals surface area contributed by atoms with Crippen LogP contribution in [0.25, 0.3) is 0 Å². The lowest BCUT2D eigenvalue weighted by Crippen LogP contribution is -2.37. The van der Waals surface area contributed by atoms with E-state index in [1.165, 1.54) is 12.8 Å². The zero-order valence-corrected chi connectivity index (χ0v) is 11.5. The highest BCUT2D eigenvalue weighted by Gasteiger charge is 2.24. The zero-order chi connectivity index (χ0) is 13.8. The van der Waals surface area contributed by atoms with Gasteiger partial charge in [-0.3, -0.25) is 14.5 Å². The van der Waals surface area contributed by atoms with Crippen LogP contribution in [0.15, 0.2) is 41.6 Å². The van der Waals surface area contributed by atoms with Gasteiger partial charge in [-0.15, -0.1) is 0 Å². The summed E-state index contributed by atoms with van der Waals surface area (Å²) in [6.07, 6.45) is 8.99. The molecular weight excluding hydrogens is 252 g/mol. The molecular formula is C15H20N4O. The van der Waals surface area contributed by atoms with Crippen LogP contribution in [0.3, 0.4) is 0 Å². The second-order valence-corrected chi connectivity index (χ2v) is 5.26. The number of aromatic amines is 1. The standard InChI is InChI=1S/C15H20N4O/c20-15-17-8-10-19(15)12-11-18-9-4-2-6-14(18)13-5-1-3-7-16-13/h1,3,5,7-8,10,14H,2,4,6,9,11-12H2,(H,17,20)/t14-/m1/s1. The van der Waals surface area contributed by atoms with Gasteiger partial charge in [0.15, 0.2) is 0 Å². The Bertz CT molecular complexity index is 589. The van der Waals surface area contributed by atoms with Gasteiger partial charge in [-0.05, 0) is 31.5 Å². The molecule has 1 fully saturated rings. The Labute approximate surface area is 118 Å². The minimum absolute atomic E-state index is 0.0311. The maximum atomic E-state index is 11.5. The molecule has 0 saturated carbocycles. The Hall–Kier alpha value is -1.88. The zero-order valence-electron chi connectivity index (χ0n) is 11.5. The van der Waals surface area contributed by atoms with E-state index in [0.29, 0.717) is 6.04 Å². The van der Waals surface area contributed by atoms with Crippen LogP contribution in [0.4, 0.5) is 0 Å². The first kappa shape index (κ1) is 13.1. The van der Waals surface area contributed by atoms with Crippen LogP contribution in [0.5, 0.6) is 0 Å². The maximum Gasteiger partial charge on any atom is 0.325 e. The number of aromatic nitrogens is 3. The monoisotopic (exact) mass is 272 g/mol. The molecule has 106 valence electrons. The van der Waals surface area contributed by atoms with E-state index >= 15 is 0 Å². The van der Waals surface area contributed by atoms with Crippen LogP contribution >= 0.6 is 0 Å². The molecule has 20 heavy (non-hydrogen) atoms.